The van der Waals surface area contributed by atoms with Crippen molar-refractivity contribution in [2.75, 3.05) is 52.4 Å². The molecule has 1 aliphatic carbocycles. The lowest BCUT2D eigenvalue weighted by atomic mass is 10.0. The molecule has 196 valence electrons. The lowest BCUT2D eigenvalue weighted by Crippen LogP contribution is -2.37. The molecule has 0 atom stereocenters. The summed E-state index contributed by atoms with van der Waals surface area (Å²) in [6.07, 6.45) is 8.65. The molecule has 0 spiro atoms. The summed E-state index contributed by atoms with van der Waals surface area (Å²) in [4.78, 5) is 27.2. The van der Waals surface area contributed by atoms with Crippen molar-refractivity contribution in [1.29, 1.82) is 0 Å². The molecule has 2 aliphatic rings. The smallest absolute Gasteiger partial charge is 0.226 e. The number of nitrogens with one attached hydrogen (secondary N) is 1. The van der Waals surface area contributed by atoms with Crippen LogP contribution in [0.4, 0.5) is 5.95 Å². The zero-order chi connectivity index (χ0) is 26.3. The highest BCUT2D eigenvalue weighted by Gasteiger charge is 2.21. The first-order valence-corrected chi connectivity index (χ1v) is 12.7. The Kier molecular flexibility index (Phi) is 12.8. The summed E-state index contributed by atoms with van der Waals surface area (Å²) in [5.74, 6) is 0.870. The lowest BCUT2D eigenvalue weighted by Gasteiger charge is -2.27. The number of aromatic nitrogens is 2. The van der Waals surface area contributed by atoms with Gasteiger partial charge in [0, 0.05) is 37.3 Å². The van der Waals surface area contributed by atoms with Crippen LogP contribution in [-0.2, 0) is 4.74 Å². The summed E-state index contributed by atoms with van der Waals surface area (Å²) in [5, 5.41) is 3.14. The molecule has 8 heteroatoms. The van der Waals surface area contributed by atoms with Gasteiger partial charge in [0.05, 0.1) is 26.0 Å². The molecule has 0 bridgehead atoms. The van der Waals surface area contributed by atoms with Crippen LogP contribution in [-0.4, -0.2) is 75.5 Å². The summed E-state index contributed by atoms with van der Waals surface area (Å²) >= 11 is 0. The molecular formula is C28H41N5O3. The second-order valence-electron chi connectivity index (χ2n) is 8.47. The molecule has 36 heavy (non-hydrogen) atoms. The number of morpholine rings is 1. The highest BCUT2D eigenvalue weighted by Crippen LogP contribution is 2.32. The minimum absolute atomic E-state index is 0.234. The number of hydrogen-bond donors (Lipinski definition) is 1. The first-order chi connectivity index (χ1) is 17.6. The van der Waals surface area contributed by atoms with Crippen molar-refractivity contribution in [2.24, 2.45) is 4.99 Å². The van der Waals surface area contributed by atoms with Crippen LogP contribution >= 0.6 is 0 Å². The van der Waals surface area contributed by atoms with Gasteiger partial charge in [-0.05, 0) is 39.0 Å². The van der Waals surface area contributed by atoms with Gasteiger partial charge in [0.25, 0.3) is 0 Å². The van der Waals surface area contributed by atoms with Crippen molar-refractivity contribution < 1.29 is 14.3 Å². The number of carbonyl (C=O) groups excluding carboxylic acids is 1. The quantitative estimate of drug-likeness (QED) is 0.444. The fourth-order valence-corrected chi connectivity index (χ4v) is 3.49. The highest BCUT2D eigenvalue weighted by molar-refractivity contribution is 6.09. The van der Waals surface area contributed by atoms with Crippen LogP contribution in [0.1, 0.15) is 56.1 Å². The average molecular weight is 496 g/mol. The van der Waals surface area contributed by atoms with Gasteiger partial charge in [-0.3, -0.25) is 9.79 Å². The number of benzene rings is 1. The average Bonchev–Trinajstić information content (AvgIpc) is 3.77. The minimum Gasteiger partial charge on any atom is -0.492 e. The maximum atomic E-state index is 11.7. The van der Waals surface area contributed by atoms with Gasteiger partial charge in [-0.1, -0.05) is 44.5 Å². The maximum Gasteiger partial charge on any atom is 0.226 e. The molecule has 1 aliphatic heterocycles. The van der Waals surface area contributed by atoms with Crippen LogP contribution < -0.4 is 15.0 Å². The van der Waals surface area contributed by atoms with Crippen LogP contribution in [0.25, 0.3) is 11.3 Å². The second-order valence-corrected chi connectivity index (χ2v) is 8.47. The molecule has 1 aromatic carbocycles. The van der Waals surface area contributed by atoms with E-state index in [1.165, 1.54) is 26.4 Å². The monoisotopic (exact) mass is 495 g/mol. The normalized spacial score (nSPS) is 15.5. The van der Waals surface area contributed by atoms with Gasteiger partial charge in [0.15, 0.2) is 17.7 Å². The second kappa shape index (κ2) is 15.8. The molecule has 0 radical (unpaired) electrons. The molecule has 2 fully saturated rings. The van der Waals surface area contributed by atoms with Crippen molar-refractivity contribution in [3.05, 3.63) is 47.7 Å². The Labute approximate surface area is 215 Å². The van der Waals surface area contributed by atoms with E-state index in [0.717, 1.165) is 22.9 Å². The van der Waals surface area contributed by atoms with E-state index in [1.807, 2.05) is 55.3 Å². The molecule has 4 rings (SSSR count). The number of carbonyl (C=O) groups is 1. The van der Waals surface area contributed by atoms with Crippen LogP contribution in [0.5, 0.6) is 5.75 Å². The van der Waals surface area contributed by atoms with E-state index in [1.54, 1.807) is 7.05 Å². The standard InChI is InChI=1S/C21H24N4O3.C4H9N.C3H8/c1-4-6-17(22-2)15-7-5-8-16(13-15)19-20(27-3)18(14-26)23-21(24-19)25-9-11-28-12-10-25;1-5-4-2-3-4;1-3-2/h4-8,13-14H,9-12H2,1-3H3;4-5H,2-3H2,1H3;3H2,1-2H3/b6-4-,22-17?;;. The van der Waals surface area contributed by atoms with Gasteiger partial charge in [0.2, 0.25) is 5.95 Å². The number of methoxy groups -OCH3 is 1. The molecule has 1 saturated carbocycles. The molecule has 0 unspecified atom stereocenters. The van der Waals surface area contributed by atoms with E-state index in [9.17, 15) is 4.79 Å². The van der Waals surface area contributed by atoms with Crippen molar-refractivity contribution in [3.63, 3.8) is 0 Å². The van der Waals surface area contributed by atoms with Gasteiger partial charge in [-0.15, -0.1) is 0 Å². The highest BCUT2D eigenvalue weighted by atomic mass is 16.5. The largest absolute Gasteiger partial charge is 0.492 e. The van der Waals surface area contributed by atoms with E-state index in [-0.39, 0.29) is 5.69 Å². The predicted octanol–water partition coefficient (Wildman–Crippen LogP) is 4.58. The van der Waals surface area contributed by atoms with Gasteiger partial charge < -0.3 is 19.7 Å². The molecule has 2 aromatic rings. The summed E-state index contributed by atoms with van der Waals surface area (Å²) in [6, 6.07) is 8.74. The van der Waals surface area contributed by atoms with Gasteiger partial charge in [-0.25, -0.2) is 9.97 Å². The Hall–Kier alpha value is -3.10. The SMILES string of the molecule is C/C=C\C(=NC)c1cccc(-c2nc(N3CCOCC3)nc(C=O)c2OC)c1.CCC.CNC1CC1. The van der Waals surface area contributed by atoms with Crippen molar-refractivity contribution >= 4 is 17.9 Å². The summed E-state index contributed by atoms with van der Waals surface area (Å²) < 4.78 is 10.9. The molecule has 0 amide bonds. The fraction of sp³-hybridized carbons (Fsp3) is 0.500. The van der Waals surface area contributed by atoms with Gasteiger partial charge >= 0.3 is 0 Å². The topological polar surface area (TPSA) is 88.9 Å². The third-order valence-corrected chi connectivity index (χ3v) is 5.47. The fourth-order valence-electron chi connectivity index (χ4n) is 3.49. The lowest BCUT2D eigenvalue weighted by molar-refractivity contribution is 0.111. The van der Waals surface area contributed by atoms with Crippen molar-refractivity contribution in [2.45, 2.75) is 46.1 Å². The minimum atomic E-state index is 0.234. The van der Waals surface area contributed by atoms with E-state index in [4.69, 9.17) is 14.5 Å². The Morgan fingerprint density at radius 1 is 1.25 bits per heavy atom. The van der Waals surface area contributed by atoms with E-state index < -0.39 is 0 Å². The third kappa shape index (κ3) is 8.53. The van der Waals surface area contributed by atoms with E-state index in [2.05, 4.69) is 29.1 Å². The molecule has 2 heterocycles. The molecule has 1 saturated heterocycles. The number of ether oxygens (including phenoxy) is 2. The summed E-state index contributed by atoms with van der Waals surface area (Å²) in [5.41, 5.74) is 3.47. The van der Waals surface area contributed by atoms with Crippen LogP contribution in [0.3, 0.4) is 0 Å². The number of aldehydes is 1. The van der Waals surface area contributed by atoms with Crippen molar-refractivity contribution in [1.82, 2.24) is 15.3 Å². The predicted molar refractivity (Wildman–Crippen MR) is 148 cm³/mol. The summed E-state index contributed by atoms with van der Waals surface area (Å²) in [6.45, 7) is 8.77. The van der Waals surface area contributed by atoms with Crippen molar-refractivity contribution in [3.8, 4) is 17.0 Å². The Morgan fingerprint density at radius 2 is 1.94 bits per heavy atom. The van der Waals surface area contributed by atoms with Crippen LogP contribution in [0.2, 0.25) is 0 Å². The molecular weight excluding hydrogens is 454 g/mol. The van der Waals surface area contributed by atoms with Crippen LogP contribution in [0, 0.1) is 0 Å². The van der Waals surface area contributed by atoms with E-state index in [0.29, 0.717) is 50.0 Å². The van der Waals surface area contributed by atoms with Gasteiger partial charge in [0.1, 0.15) is 5.69 Å². The summed E-state index contributed by atoms with van der Waals surface area (Å²) in [7, 11) is 5.29. The molecule has 8 nitrogen and oxygen atoms in total. The number of nitrogens with zero attached hydrogens (tertiary/aromatic N) is 4. The van der Waals surface area contributed by atoms with Gasteiger partial charge in [-0.2, -0.15) is 0 Å². The molecule has 1 aromatic heterocycles. The first kappa shape index (κ1) is 29.1. The zero-order valence-corrected chi connectivity index (χ0v) is 22.6. The maximum absolute atomic E-state index is 11.7. The third-order valence-electron chi connectivity index (χ3n) is 5.47. The Bertz CT molecular complexity index is 1010. The number of aliphatic imine (C=N–C) groups is 1. The van der Waals surface area contributed by atoms with E-state index >= 15 is 0 Å². The number of allylic oxidation sites excluding steroid dienone is 2. The number of rotatable bonds is 7. The first-order valence-electron chi connectivity index (χ1n) is 12.7. The number of hydrogen-bond acceptors (Lipinski definition) is 8. The zero-order valence-electron chi connectivity index (χ0n) is 22.6. The molecule has 1 N–H and O–H groups in total. The number of anilines is 1. The Balaban J connectivity index is 0.000000490. The van der Waals surface area contributed by atoms with Crippen LogP contribution in [0.15, 0.2) is 41.4 Å². The Morgan fingerprint density at radius 3 is 2.44 bits per heavy atom.